The lowest BCUT2D eigenvalue weighted by atomic mass is 9.81. The lowest BCUT2D eigenvalue weighted by molar-refractivity contribution is -0.140. The highest BCUT2D eigenvalue weighted by atomic mass is 16.4. The molecule has 0 aromatic rings. The standard InChI is InChI=1S/C8H15NO2.C7H13NO2/c9-7(8(10)11)5-6-3-1-2-4-6;8-6(7(9)10)4-5-2-1-3-5/h6-7H,1-5,9H2,(H,10,11);5-6H,1-4,8H2,(H,9,10)/t7-;6-/m00/s1. The molecule has 0 aliphatic heterocycles. The summed E-state index contributed by atoms with van der Waals surface area (Å²) < 4.78 is 0. The molecule has 0 heterocycles. The van der Waals surface area contributed by atoms with E-state index in [1.54, 1.807) is 0 Å². The molecular formula is C15H28N2O4. The summed E-state index contributed by atoms with van der Waals surface area (Å²) in [6, 6.07) is -1.27. The molecular weight excluding hydrogens is 272 g/mol. The van der Waals surface area contributed by atoms with Crippen molar-refractivity contribution in [1.82, 2.24) is 0 Å². The second kappa shape index (κ2) is 9.00. The number of hydrogen-bond acceptors (Lipinski definition) is 4. The van der Waals surface area contributed by atoms with E-state index in [-0.39, 0.29) is 0 Å². The van der Waals surface area contributed by atoms with Crippen molar-refractivity contribution in [3.05, 3.63) is 0 Å². The van der Waals surface area contributed by atoms with Crippen LogP contribution in [0.15, 0.2) is 0 Å². The van der Waals surface area contributed by atoms with Gasteiger partial charge in [0.25, 0.3) is 0 Å². The minimum atomic E-state index is -0.869. The first-order chi connectivity index (χ1) is 9.90. The first kappa shape index (κ1) is 17.9. The molecule has 0 radical (unpaired) electrons. The van der Waals surface area contributed by atoms with Crippen molar-refractivity contribution in [2.24, 2.45) is 23.3 Å². The van der Waals surface area contributed by atoms with Gasteiger partial charge in [-0.15, -0.1) is 0 Å². The van der Waals surface area contributed by atoms with Crippen LogP contribution in [0, 0.1) is 11.8 Å². The monoisotopic (exact) mass is 300 g/mol. The Hall–Kier alpha value is -1.14. The van der Waals surface area contributed by atoms with Crippen LogP contribution in [0.5, 0.6) is 0 Å². The molecule has 0 aromatic heterocycles. The van der Waals surface area contributed by atoms with Crippen LogP contribution in [-0.4, -0.2) is 34.2 Å². The second-order valence-electron chi connectivity index (χ2n) is 6.31. The van der Waals surface area contributed by atoms with Crippen molar-refractivity contribution in [2.45, 2.75) is 69.9 Å². The zero-order valence-corrected chi connectivity index (χ0v) is 12.5. The van der Waals surface area contributed by atoms with Gasteiger partial charge in [0.1, 0.15) is 12.1 Å². The van der Waals surface area contributed by atoms with E-state index in [4.69, 9.17) is 21.7 Å². The Bertz CT molecular complexity index is 339. The van der Waals surface area contributed by atoms with Crippen molar-refractivity contribution in [1.29, 1.82) is 0 Å². The number of hydrogen-bond donors (Lipinski definition) is 4. The maximum Gasteiger partial charge on any atom is 0.320 e. The molecule has 2 aliphatic rings. The molecule has 2 fully saturated rings. The third-order valence-electron chi connectivity index (χ3n) is 4.51. The lowest BCUT2D eigenvalue weighted by Crippen LogP contribution is -2.33. The molecule has 6 heteroatoms. The Morgan fingerprint density at radius 2 is 1.14 bits per heavy atom. The fraction of sp³-hybridized carbons (Fsp3) is 0.867. The summed E-state index contributed by atoms with van der Waals surface area (Å²) in [5.74, 6) is -0.573. The Balaban J connectivity index is 0.000000211. The van der Waals surface area contributed by atoms with Crippen molar-refractivity contribution in [2.75, 3.05) is 0 Å². The Labute approximate surface area is 125 Å². The lowest BCUT2D eigenvalue weighted by Gasteiger charge is -2.26. The van der Waals surface area contributed by atoms with E-state index in [0.717, 1.165) is 0 Å². The van der Waals surface area contributed by atoms with Gasteiger partial charge in [-0.2, -0.15) is 0 Å². The minimum Gasteiger partial charge on any atom is -0.480 e. The van der Waals surface area contributed by atoms with Gasteiger partial charge in [-0.05, 0) is 24.7 Å². The summed E-state index contributed by atoms with van der Waals surface area (Å²) in [5, 5.41) is 16.9. The van der Waals surface area contributed by atoms with E-state index >= 15 is 0 Å². The van der Waals surface area contributed by atoms with E-state index in [9.17, 15) is 9.59 Å². The number of nitrogens with two attached hydrogens (primary N) is 2. The van der Waals surface area contributed by atoms with Gasteiger partial charge in [0.15, 0.2) is 0 Å². The van der Waals surface area contributed by atoms with Crippen LogP contribution in [0.25, 0.3) is 0 Å². The van der Waals surface area contributed by atoms with Gasteiger partial charge in [-0.25, -0.2) is 0 Å². The molecule has 0 unspecified atom stereocenters. The molecule has 2 aliphatic carbocycles. The van der Waals surface area contributed by atoms with Gasteiger partial charge >= 0.3 is 11.9 Å². The molecule has 6 N–H and O–H groups in total. The van der Waals surface area contributed by atoms with Crippen LogP contribution in [0.3, 0.4) is 0 Å². The van der Waals surface area contributed by atoms with Gasteiger partial charge < -0.3 is 21.7 Å². The maximum absolute atomic E-state index is 10.4. The molecule has 0 aromatic carbocycles. The largest absolute Gasteiger partial charge is 0.480 e. The topological polar surface area (TPSA) is 127 Å². The number of rotatable bonds is 6. The van der Waals surface area contributed by atoms with Crippen molar-refractivity contribution < 1.29 is 19.8 Å². The Morgan fingerprint density at radius 1 is 0.810 bits per heavy atom. The average molecular weight is 300 g/mol. The second-order valence-corrected chi connectivity index (χ2v) is 6.31. The molecule has 2 saturated carbocycles. The molecule has 0 spiro atoms. The van der Waals surface area contributed by atoms with Crippen molar-refractivity contribution in [3.63, 3.8) is 0 Å². The molecule has 0 amide bonds. The highest BCUT2D eigenvalue weighted by Crippen LogP contribution is 2.30. The molecule has 6 nitrogen and oxygen atoms in total. The van der Waals surface area contributed by atoms with Crippen molar-refractivity contribution >= 4 is 11.9 Å². The van der Waals surface area contributed by atoms with Crippen LogP contribution in [0.4, 0.5) is 0 Å². The van der Waals surface area contributed by atoms with Gasteiger partial charge in [-0.1, -0.05) is 44.9 Å². The third kappa shape index (κ3) is 6.91. The third-order valence-corrected chi connectivity index (χ3v) is 4.51. The summed E-state index contributed by atoms with van der Waals surface area (Å²) in [6.45, 7) is 0. The summed E-state index contributed by atoms with van der Waals surface area (Å²) in [6.07, 6.45) is 9.74. The van der Waals surface area contributed by atoms with Crippen molar-refractivity contribution in [3.8, 4) is 0 Å². The number of carbonyl (C=O) groups is 2. The van der Waals surface area contributed by atoms with Crippen LogP contribution >= 0.6 is 0 Å². The van der Waals surface area contributed by atoms with Gasteiger partial charge in [-0.3, -0.25) is 9.59 Å². The summed E-state index contributed by atoms with van der Waals surface area (Å²) >= 11 is 0. The SMILES string of the molecule is N[C@@H](CC1CCC1)C(=O)O.N[C@@H](CC1CCCC1)C(=O)O. The molecule has 122 valence electrons. The maximum atomic E-state index is 10.4. The smallest absolute Gasteiger partial charge is 0.320 e. The van der Waals surface area contributed by atoms with Gasteiger partial charge in [0, 0.05) is 0 Å². The van der Waals surface area contributed by atoms with E-state index < -0.39 is 24.0 Å². The highest BCUT2D eigenvalue weighted by molar-refractivity contribution is 5.73. The molecule has 21 heavy (non-hydrogen) atoms. The van der Waals surface area contributed by atoms with Crippen LogP contribution < -0.4 is 11.5 Å². The highest BCUT2D eigenvalue weighted by Gasteiger charge is 2.23. The first-order valence-corrected chi connectivity index (χ1v) is 7.87. The number of aliphatic carboxylic acids is 2. The molecule has 0 saturated heterocycles. The summed E-state index contributed by atoms with van der Waals surface area (Å²) in [5.41, 5.74) is 10.7. The first-order valence-electron chi connectivity index (χ1n) is 7.87. The quantitative estimate of drug-likeness (QED) is 0.589. The predicted molar refractivity (Wildman–Crippen MR) is 79.8 cm³/mol. The zero-order valence-electron chi connectivity index (χ0n) is 12.5. The number of carboxylic acids is 2. The Morgan fingerprint density at radius 3 is 1.38 bits per heavy atom. The normalized spacial score (nSPS) is 21.8. The van der Waals surface area contributed by atoms with E-state index in [1.807, 2.05) is 0 Å². The molecule has 2 atom stereocenters. The average Bonchev–Trinajstić information content (AvgIpc) is 2.86. The van der Waals surface area contributed by atoms with E-state index in [1.165, 1.54) is 44.9 Å². The summed E-state index contributed by atoms with van der Waals surface area (Å²) in [7, 11) is 0. The van der Waals surface area contributed by atoms with Crippen LogP contribution in [0.2, 0.25) is 0 Å². The zero-order chi connectivity index (χ0) is 15.8. The molecule has 0 bridgehead atoms. The van der Waals surface area contributed by atoms with Gasteiger partial charge in [0.05, 0.1) is 0 Å². The van der Waals surface area contributed by atoms with Crippen LogP contribution in [-0.2, 0) is 9.59 Å². The fourth-order valence-corrected chi connectivity index (χ4v) is 2.89. The predicted octanol–water partition coefficient (Wildman–Crippen LogP) is 1.57. The Kier molecular flexibility index (Phi) is 7.67. The minimum absolute atomic E-state index is 0.570. The van der Waals surface area contributed by atoms with E-state index in [2.05, 4.69) is 0 Å². The molecule has 2 rings (SSSR count). The van der Waals surface area contributed by atoms with Gasteiger partial charge in [0.2, 0.25) is 0 Å². The number of carboxylic acid groups (broad SMARTS) is 2. The van der Waals surface area contributed by atoms with E-state index in [0.29, 0.717) is 24.7 Å². The fourth-order valence-electron chi connectivity index (χ4n) is 2.89. The summed E-state index contributed by atoms with van der Waals surface area (Å²) in [4.78, 5) is 20.6. The van der Waals surface area contributed by atoms with Crippen LogP contribution in [0.1, 0.15) is 57.8 Å².